The third-order valence-corrected chi connectivity index (χ3v) is 3.56. The van der Waals surface area contributed by atoms with E-state index in [9.17, 15) is 0 Å². The average Bonchev–Trinajstić information content (AvgIpc) is 2.82. The van der Waals surface area contributed by atoms with Gasteiger partial charge < -0.3 is 4.98 Å². The number of hydrogen-bond donors (Lipinski definition) is 1. The van der Waals surface area contributed by atoms with E-state index in [0.717, 1.165) is 11.9 Å². The highest BCUT2D eigenvalue weighted by Gasteiger charge is 2.08. The minimum absolute atomic E-state index is 0.523. The molecule has 0 aliphatic carbocycles. The number of nitrogens with one attached hydrogen (secondary N) is 1. The van der Waals surface area contributed by atoms with Crippen molar-refractivity contribution in [3.63, 3.8) is 0 Å². The first kappa shape index (κ1) is 11.3. The molecule has 0 bridgehead atoms. The van der Waals surface area contributed by atoms with Crippen LogP contribution in [0, 0.1) is 0 Å². The number of aromatic amines is 1. The van der Waals surface area contributed by atoms with Crippen LogP contribution in [0.15, 0.2) is 30.5 Å². The van der Waals surface area contributed by atoms with E-state index >= 15 is 0 Å². The van der Waals surface area contributed by atoms with Crippen molar-refractivity contribution in [1.82, 2.24) is 9.97 Å². The Bertz CT molecular complexity index is 708. The monoisotopic (exact) mass is 238 g/mol. The summed E-state index contributed by atoms with van der Waals surface area (Å²) in [6, 6.07) is 8.76. The molecule has 0 saturated heterocycles. The third kappa shape index (κ3) is 1.69. The van der Waals surface area contributed by atoms with Crippen LogP contribution in [0.2, 0.25) is 0 Å². The summed E-state index contributed by atoms with van der Waals surface area (Å²) in [6.45, 7) is 6.59. The zero-order valence-electron chi connectivity index (χ0n) is 11.1. The predicted octanol–water partition coefficient (Wildman–Crippen LogP) is 4.40. The molecule has 3 aromatic rings. The lowest BCUT2D eigenvalue weighted by Crippen LogP contribution is -1.87. The summed E-state index contributed by atoms with van der Waals surface area (Å²) in [4.78, 5) is 8.09. The summed E-state index contributed by atoms with van der Waals surface area (Å²) in [7, 11) is 0. The van der Waals surface area contributed by atoms with E-state index < -0.39 is 0 Å². The van der Waals surface area contributed by atoms with Crippen molar-refractivity contribution in [2.24, 2.45) is 0 Å². The van der Waals surface area contributed by atoms with Gasteiger partial charge in [-0.15, -0.1) is 0 Å². The topological polar surface area (TPSA) is 28.7 Å². The van der Waals surface area contributed by atoms with Crippen LogP contribution >= 0.6 is 0 Å². The zero-order valence-corrected chi connectivity index (χ0v) is 11.1. The van der Waals surface area contributed by atoms with Crippen LogP contribution in [-0.4, -0.2) is 9.97 Å². The normalized spacial score (nSPS) is 11.8. The van der Waals surface area contributed by atoms with Crippen molar-refractivity contribution in [1.29, 1.82) is 0 Å². The van der Waals surface area contributed by atoms with Crippen molar-refractivity contribution >= 4 is 21.8 Å². The summed E-state index contributed by atoms with van der Waals surface area (Å²) in [6.07, 6.45) is 3.00. The molecule has 1 aromatic carbocycles. The Morgan fingerprint density at radius 1 is 1.22 bits per heavy atom. The Labute approximate surface area is 107 Å². The second-order valence-electron chi connectivity index (χ2n) is 5.17. The quantitative estimate of drug-likeness (QED) is 0.704. The second kappa shape index (κ2) is 4.13. The number of rotatable bonds is 2. The van der Waals surface area contributed by atoms with Gasteiger partial charge in [-0.1, -0.05) is 26.8 Å². The number of benzene rings is 1. The van der Waals surface area contributed by atoms with Gasteiger partial charge in [-0.3, -0.25) is 4.98 Å². The lowest BCUT2D eigenvalue weighted by atomic mass is 10.1. The van der Waals surface area contributed by atoms with E-state index in [0.29, 0.717) is 5.92 Å². The molecule has 2 nitrogen and oxygen atoms in total. The highest BCUT2D eigenvalue weighted by Crippen LogP contribution is 2.27. The average molecular weight is 238 g/mol. The molecule has 3 rings (SSSR count). The Morgan fingerprint density at radius 3 is 2.78 bits per heavy atom. The minimum atomic E-state index is 0.523. The number of nitrogens with zero attached hydrogens (tertiary/aromatic N) is 1. The fraction of sp³-hybridized carbons (Fsp3) is 0.312. The van der Waals surface area contributed by atoms with Gasteiger partial charge >= 0.3 is 0 Å². The molecular formula is C16H18N2. The second-order valence-corrected chi connectivity index (χ2v) is 5.17. The van der Waals surface area contributed by atoms with Gasteiger partial charge in [0.05, 0.1) is 11.0 Å². The summed E-state index contributed by atoms with van der Waals surface area (Å²) in [5.74, 6) is 0.523. The highest BCUT2D eigenvalue weighted by atomic mass is 14.7. The Balaban J connectivity index is 2.35. The van der Waals surface area contributed by atoms with Gasteiger partial charge in [0, 0.05) is 22.7 Å². The minimum Gasteiger partial charge on any atom is -0.358 e. The van der Waals surface area contributed by atoms with Crippen LogP contribution in [0.4, 0.5) is 0 Å². The van der Waals surface area contributed by atoms with Gasteiger partial charge in [-0.25, -0.2) is 0 Å². The van der Waals surface area contributed by atoms with Crippen molar-refractivity contribution in [3.8, 4) is 0 Å². The molecule has 2 heteroatoms. The van der Waals surface area contributed by atoms with Crippen LogP contribution in [0.5, 0.6) is 0 Å². The molecule has 0 aliphatic rings. The van der Waals surface area contributed by atoms with Crippen LogP contribution in [0.1, 0.15) is 37.9 Å². The molecule has 0 unspecified atom stereocenters. The first-order valence-corrected chi connectivity index (χ1v) is 6.59. The van der Waals surface area contributed by atoms with Gasteiger partial charge in [0.15, 0.2) is 0 Å². The van der Waals surface area contributed by atoms with Crippen LogP contribution in [0.25, 0.3) is 21.8 Å². The Kier molecular flexibility index (Phi) is 2.58. The predicted molar refractivity (Wildman–Crippen MR) is 77.1 cm³/mol. The van der Waals surface area contributed by atoms with Gasteiger partial charge in [-0.2, -0.15) is 0 Å². The number of aryl methyl sites for hydroxylation is 1. The molecule has 0 radical (unpaired) electrons. The fourth-order valence-electron chi connectivity index (χ4n) is 2.37. The summed E-state index contributed by atoms with van der Waals surface area (Å²) >= 11 is 0. The first-order chi connectivity index (χ1) is 8.69. The number of fused-ring (bicyclic) bond motifs is 3. The van der Waals surface area contributed by atoms with E-state index in [-0.39, 0.29) is 0 Å². The van der Waals surface area contributed by atoms with Gasteiger partial charge in [0.1, 0.15) is 0 Å². The molecule has 0 saturated carbocycles. The number of aromatic nitrogens is 2. The molecule has 92 valence electrons. The number of hydrogen-bond acceptors (Lipinski definition) is 1. The van der Waals surface area contributed by atoms with Crippen molar-refractivity contribution in [2.75, 3.05) is 0 Å². The summed E-state index contributed by atoms with van der Waals surface area (Å²) < 4.78 is 0. The third-order valence-electron chi connectivity index (χ3n) is 3.56. The largest absolute Gasteiger partial charge is 0.358 e. The first-order valence-electron chi connectivity index (χ1n) is 6.59. The molecule has 2 heterocycles. The fourth-order valence-corrected chi connectivity index (χ4v) is 2.37. The van der Waals surface area contributed by atoms with E-state index in [2.05, 4.69) is 55.0 Å². The van der Waals surface area contributed by atoms with E-state index in [4.69, 9.17) is 0 Å². The molecule has 0 fully saturated rings. The molecule has 0 amide bonds. The van der Waals surface area contributed by atoms with E-state index in [1.807, 2.05) is 6.20 Å². The maximum absolute atomic E-state index is 4.54. The zero-order chi connectivity index (χ0) is 12.7. The van der Waals surface area contributed by atoms with Crippen molar-refractivity contribution in [2.45, 2.75) is 33.1 Å². The SMILES string of the molecule is CCc1cnc2ccc3cc(C(C)C)[nH]c3c2c1. The van der Waals surface area contributed by atoms with Gasteiger partial charge in [0.2, 0.25) is 0 Å². The summed E-state index contributed by atoms with van der Waals surface area (Å²) in [5, 5.41) is 2.51. The van der Waals surface area contributed by atoms with Crippen LogP contribution in [-0.2, 0) is 6.42 Å². The lowest BCUT2D eigenvalue weighted by molar-refractivity contribution is 0.837. The Hall–Kier alpha value is -1.83. The van der Waals surface area contributed by atoms with Crippen molar-refractivity contribution < 1.29 is 0 Å². The molecule has 2 aromatic heterocycles. The maximum atomic E-state index is 4.54. The highest BCUT2D eigenvalue weighted by molar-refractivity contribution is 6.04. The summed E-state index contributed by atoms with van der Waals surface area (Å²) in [5.41, 5.74) is 4.87. The van der Waals surface area contributed by atoms with Crippen molar-refractivity contribution in [3.05, 3.63) is 41.7 Å². The van der Waals surface area contributed by atoms with Gasteiger partial charge in [-0.05, 0) is 36.1 Å². The maximum Gasteiger partial charge on any atom is 0.0723 e. The molecule has 0 aliphatic heterocycles. The smallest absolute Gasteiger partial charge is 0.0723 e. The number of H-pyrrole nitrogens is 1. The molecule has 0 spiro atoms. The van der Waals surface area contributed by atoms with E-state index in [1.165, 1.54) is 27.5 Å². The number of pyridine rings is 1. The van der Waals surface area contributed by atoms with Gasteiger partial charge in [0.25, 0.3) is 0 Å². The molecular weight excluding hydrogens is 220 g/mol. The molecule has 1 N–H and O–H groups in total. The standard InChI is InChI=1S/C16H18N2/c1-4-11-7-13-14(17-9-11)6-5-12-8-15(10(2)3)18-16(12)13/h5-10,18H,4H2,1-3H3. The van der Waals surface area contributed by atoms with Crippen LogP contribution in [0.3, 0.4) is 0 Å². The Morgan fingerprint density at radius 2 is 2.06 bits per heavy atom. The van der Waals surface area contributed by atoms with Crippen LogP contribution < -0.4 is 0 Å². The van der Waals surface area contributed by atoms with E-state index in [1.54, 1.807) is 0 Å². The molecule has 18 heavy (non-hydrogen) atoms. The molecule has 0 atom stereocenters. The lowest BCUT2D eigenvalue weighted by Gasteiger charge is -2.02.